The number of hydrogen-bond acceptors (Lipinski definition) is 2. The van der Waals surface area contributed by atoms with Crippen molar-refractivity contribution in [3.63, 3.8) is 0 Å². The van der Waals surface area contributed by atoms with Gasteiger partial charge in [-0.25, -0.2) is 0 Å². The lowest BCUT2D eigenvalue weighted by atomic mass is 9.85. The number of piperazine rings is 1. The Labute approximate surface area is 154 Å². The van der Waals surface area contributed by atoms with Gasteiger partial charge in [0.05, 0.1) is 12.6 Å². The minimum Gasteiger partial charge on any atom is -0.332 e. The van der Waals surface area contributed by atoms with Gasteiger partial charge in [-0.3, -0.25) is 9.59 Å². The molecular formula is C22H24N2O2. The van der Waals surface area contributed by atoms with Crippen LogP contribution in [-0.4, -0.2) is 41.2 Å². The first-order valence-electron chi connectivity index (χ1n) is 9.33. The Hall–Kier alpha value is -2.62. The molecule has 0 N–H and O–H groups in total. The van der Waals surface area contributed by atoms with Crippen LogP contribution in [0.15, 0.2) is 54.6 Å². The molecule has 2 aliphatic heterocycles. The maximum atomic E-state index is 12.7. The molecule has 134 valence electrons. The van der Waals surface area contributed by atoms with Crippen LogP contribution >= 0.6 is 0 Å². The molecule has 1 fully saturated rings. The molecule has 0 aliphatic carbocycles. The lowest BCUT2D eigenvalue weighted by molar-refractivity contribution is -0.149. The van der Waals surface area contributed by atoms with Crippen LogP contribution in [-0.2, 0) is 16.0 Å². The van der Waals surface area contributed by atoms with Crippen LogP contribution in [0.2, 0.25) is 0 Å². The number of fused-ring (bicyclic) bond motifs is 3. The molecule has 4 nitrogen and oxygen atoms in total. The Morgan fingerprint density at radius 2 is 1.69 bits per heavy atom. The summed E-state index contributed by atoms with van der Waals surface area (Å²) in [5.74, 6) is 0.473. The van der Waals surface area contributed by atoms with Crippen molar-refractivity contribution in [1.82, 2.24) is 9.80 Å². The molecule has 26 heavy (non-hydrogen) atoms. The van der Waals surface area contributed by atoms with Gasteiger partial charge in [-0.1, -0.05) is 61.5 Å². The van der Waals surface area contributed by atoms with Crippen molar-refractivity contribution in [1.29, 1.82) is 0 Å². The van der Waals surface area contributed by atoms with E-state index in [1.165, 1.54) is 11.1 Å². The molecule has 2 unspecified atom stereocenters. The van der Waals surface area contributed by atoms with Gasteiger partial charge >= 0.3 is 0 Å². The van der Waals surface area contributed by atoms with Crippen LogP contribution in [0.3, 0.4) is 0 Å². The third-order valence-corrected chi connectivity index (χ3v) is 5.60. The number of benzene rings is 2. The predicted octanol–water partition coefficient (Wildman–Crippen LogP) is 3.15. The number of carbonyl (C=O) groups is 2. The Balaban J connectivity index is 1.50. The second-order valence-electron chi connectivity index (χ2n) is 7.35. The zero-order chi connectivity index (χ0) is 18.1. The monoisotopic (exact) mass is 348 g/mol. The molecule has 0 spiro atoms. The molecule has 1 saturated heterocycles. The Morgan fingerprint density at radius 1 is 1.00 bits per heavy atom. The second-order valence-corrected chi connectivity index (χ2v) is 7.35. The van der Waals surface area contributed by atoms with Gasteiger partial charge in [0.1, 0.15) is 0 Å². The third kappa shape index (κ3) is 3.12. The van der Waals surface area contributed by atoms with Crippen molar-refractivity contribution in [3.8, 4) is 0 Å². The molecule has 0 radical (unpaired) electrons. The SMILES string of the molecule is CC1CN2C(=O)CN(C(=O)CCc3ccccc3)CC2c2ccccc21. The maximum absolute atomic E-state index is 12.7. The largest absolute Gasteiger partial charge is 0.332 e. The summed E-state index contributed by atoms with van der Waals surface area (Å²) in [5.41, 5.74) is 3.66. The first-order chi connectivity index (χ1) is 12.6. The Kier molecular flexibility index (Phi) is 4.49. The molecule has 2 atom stereocenters. The minimum atomic E-state index is -0.00988. The standard InChI is InChI=1S/C22H24N2O2/c1-16-13-24-20(19-10-6-5-9-18(16)19)14-23(15-22(24)26)21(25)12-11-17-7-3-2-4-8-17/h2-10,16,20H,11-15H2,1H3. The topological polar surface area (TPSA) is 40.6 Å². The summed E-state index contributed by atoms with van der Waals surface area (Å²) in [6, 6.07) is 18.4. The van der Waals surface area contributed by atoms with Crippen LogP contribution in [0, 0.1) is 0 Å². The van der Waals surface area contributed by atoms with Crippen LogP contribution in [0.4, 0.5) is 0 Å². The van der Waals surface area contributed by atoms with Gasteiger partial charge < -0.3 is 9.80 Å². The van der Waals surface area contributed by atoms with Crippen molar-refractivity contribution in [3.05, 3.63) is 71.3 Å². The quantitative estimate of drug-likeness (QED) is 0.855. The molecule has 2 aliphatic rings. The first-order valence-corrected chi connectivity index (χ1v) is 9.33. The van der Waals surface area contributed by atoms with Gasteiger partial charge in [0.2, 0.25) is 11.8 Å². The number of aryl methyl sites for hydroxylation is 1. The van der Waals surface area contributed by atoms with E-state index in [0.717, 1.165) is 12.1 Å². The lowest BCUT2D eigenvalue weighted by Crippen LogP contribution is -2.56. The molecule has 2 heterocycles. The zero-order valence-electron chi connectivity index (χ0n) is 15.1. The van der Waals surface area contributed by atoms with E-state index in [0.29, 0.717) is 25.3 Å². The van der Waals surface area contributed by atoms with E-state index >= 15 is 0 Å². The van der Waals surface area contributed by atoms with Crippen molar-refractivity contribution in [2.45, 2.75) is 31.7 Å². The van der Waals surface area contributed by atoms with E-state index in [-0.39, 0.29) is 24.4 Å². The van der Waals surface area contributed by atoms with E-state index in [9.17, 15) is 9.59 Å². The van der Waals surface area contributed by atoms with Crippen molar-refractivity contribution < 1.29 is 9.59 Å². The van der Waals surface area contributed by atoms with E-state index in [2.05, 4.69) is 25.1 Å². The van der Waals surface area contributed by atoms with Crippen LogP contribution in [0.25, 0.3) is 0 Å². The van der Waals surface area contributed by atoms with Crippen LogP contribution < -0.4 is 0 Å². The first kappa shape index (κ1) is 16.8. The highest BCUT2D eigenvalue weighted by Gasteiger charge is 2.40. The fraction of sp³-hybridized carbons (Fsp3) is 0.364. The van der Waals surface area contributed by atoms with E-state index in [1.807, 2.05) is 41.3 Å². The fourth-order valence-electron chi connectivity index (χ4n) is 4.20. The van der Waals surface area contributed by atoms with Crippen molar-refractivity contribution >= 4 is 11.8 Å². The predicted molar refractivity (Wildman–Crippen MR) is 101 cm³/mol. The number of nitrogens with zero attached hydrogens (tertiary/aromatic N) is 2. The average Bonchev–Trinajstić information content (AvgIpc) is 2.68. The minimum absolute atomic E-state index is 0.00988. The number of amides is 2. The van der Waals surface area contributed by atoms with Gasteiger partial charge in [0, 0.05) is 19.5 Å². The number of hydrogen-bond donors (Lipinski definition) is 0. The van der Waals surface area contributed by atoms with E-state index in [1.54, 1.807) is 4.90 Å². The molecule has 2 amide bonds. The lowest BCUT2D eigenvalue weighted by Gasteiger charge is -2.46. The molecule has 0 saturated carbocycles. The molecule has 0 aromatic heterocycles. The van der Waals surface area contributed by atoms with Gasteiger partial charge in [-0.2, -0.15) is 0 Å². The summed E-state index contributed by atoms with van der Waals surface area (Å²) in [7, 11) is 0. The van der Waals surface area contributed by atoms with Crippen molar-refractivity contribution in [2.75, 3.05) is 19.6 Å². The highest BCUT2D eigenvalue weighted by molar-refractivity contribution is 5.87. The molecule has 0 bridgehead atoms. The van der Waals surface area contributed by atoms with Gasteiger partial charge in [-0.05, 0) is 29.0 Å². The molecule has 4 heteroatoms. The maximum Gasteiger partial charge on any atom is 0.242 e. The van der Waals surface area contributed by atoms with E-state index in [4.69, 9.17) is 0 Å². The van der Waals surface area contributed by atoms with E-state index < -0.39 is 0 Å². The zero-order valence-corrected chi connectivity index (χ0v) is 15.1. The molecule has 2 aromatic rings. The summed E-state index contributed by atoms with van der Waals surface area (Å²) >= 11 is 0. The summed E-state index contributed by atoms with van der Waals surface area (Å²) in [6.45, 7) is 3.72. The summed E-state index contributed by atoms with van der Waals surface area (Å²) in [4.78, 5) is 29.1. The smallest absolute Gasteiger partial charge is 0.242 e. The highest BCUT2D eigenvalue weighted by Crippen LogP contribution is 2.38. The number of rotatable bonds is 3. The highest BCUT2D eigenvalue weighted by atomic mass is 16.2. The van der Waals surface area contributed by atoms with Crippen molar-refractivity contribution in [2.24, 2.45) is 0 Å². The summed E-state index contributed by atoms with van der Waals surface area (Å²) in [5, 5.41) is 0. The Morgan fingerprint density at radius 3 is 2.46 bits per heavy atom. The van der Waals surface area contributed by atoms with Gasteiger partial charge in [0.25, 0.3) is 0 Å². The van der Waals surface area contributed by atoms with Gasteiger partial charge in [0.15, 0.2) is 0 Å². The Bertz CT molecular complexity index is 818. The summed E-state index contributed by atoms with van der Waals surface area (Å²) in [6.07, 6.45) is 1.16. The van der Waals surface area contributed by atoms with Gasteiger partial charge in [-0.15, -0.1) is 0 Å². The summed E-state index contributed by atoms with van der Waals surface area (Å²) < 4.78 is 0. The molecular weight excluding hydrogens is 324 g/mol. The normalized spacial score (nSPS) is 22.0. The average molecular weight is 348 g/mol. The van der Waals surface area contributed by atoms with Crippen LogP contribution in [0.1, 0.15) is 42.0 Å². The molecule has 4 rings (SSSR count). The third-order valence-electron chi connectivity index (χ3n) is 5.60. The fourth-order valence-corrected chi connectivity index (χ4v) is 4.20. The van der Waals surface area contributed by atoms with Crippen LogP contribution in [0.5, 0.6) is 0 Å². The molecule has 2 aromatic carbocycles. The second kappa shape index (κ2) is 6.94. The number of carbonyl (C=O) groups excluding carboxylic acids is 2.